The lowest BCUT2D eigenvalue weighted by Crippen LogP contribution is -2.06. The van der Waals surface area contributed by atoms with Gasteiger partial charge in [-0.05, 0) is 24.6 Å². The number of hydrogen-bond donors (Lipinski definition) is 0. The molecule has 7 nitrogen and oxygen atoms in total. The number of nitrogens with zero attached hydrogens (tertiary/aromatic N) is 2. The van der Waals surface area contributed by atoms with Crippen LogP contribution >= 0.6 is 0 Å². The second kappa shape index (κ2) is 7.17. The third kappa shape index (κ3) is 3.55. The molecule has 136 valence electrons. The van der Waals surface area contributed by atoms with Crippen LogP contribution in [0.4, 0.5) is 0 Å². The number of ether oxygens (including phenoxy) is 2. The van der Waals surface area contributed by atoms with E-state index in [2.05, 4.69) is 10.1 Å². The van der Waals surface area contributed by atoms with Gasteiger partial charge in [0.05, 0.1) is 19.1 Å². The molecular weight excluding hydrogens is 356 g/mol. The second-order valence-electron chi connectivity index (χ2n) is 5.60. The lowest BCUT2D eigenvalue weighted by atomic mass is 10.1. The smallest absolute Gasteiger partial charge is 0.242 e. The highest BCUT2D eigenvalue weighted by Gasteiger charge is 2.22. The molecule has 3 rings (SSSR count). The van der Waals surface area contributed by atoms with Gasteiger partial charge in [0.1, 0.15) is 5.75 Å². The van der Waals surface area contributed by atoms with Crippen molar-refractivity contribution in [1.82, 2.24) is 10.1 Å². The minimum atomic E-state index is -3.68. The first-order valence-electron chi connectivity index (χ1n) is 7.78. The zero-order valence-corrected chi connectivity index (χ0v) is 15.4. The average Bonchev–Trinajstić information content (AvgIpc) is 3.08. The van der Waals surface area contributed by atoms with Crippen molar-refractivity contribution in [2.24, 2.45) is 0 Å². The molecule has 0 aliphatic rings. The van der Waals surface area contributed by atoms with Gasteiger partial charge < -0.3 is 14.0 Å². The van der Waals surface area contributed by atoms with Crippen molar-refractivity contribution in [3.8, 4) is 22.9 Å². The van der Waals surface area contributed by atoms with Crippen molar-refractivity contribution in [2.45, 2.75) is 17.6 Å². The average molecular weight is 374 g/mol. The molecule has 0 amide bonds. The molecule has 0 fully saturated rings. The number of aromatic nitrogens is 2. The number of aryl methyl sites for hydroxylation is 1. The lowest BCUT2D eigenvalue weighted by molar-refractivity contribution is 0.354. The van der Waals surface area contributed by atoms with Crippen molar-refractivity contribution in [1.29, 1.82) is 0 Å². The monoisotopic (exact) mass is 374 g/mol. The first-order chi connectivity index (χ1) is 12.4. The molecule has 0 radical (unpaired) electrons. The summed E-state index contributed by atoms with van der Waals surface area (Å²) < 4.78 is 40.7. The van der Waals surface area contributed by atoms with E-state index in [1.807, 2.05) is 31.2 Å². The number of sulfone groups is 1. The van der Waals surface area contributed by atoms with Crippen LogP contribution in [0, 0.1) is 6.92 Å². The van der Waals surface area contributed by atoms with Crippen LogP contribution in [0.25, 0.3) is 11.4 Å². The van der Waals surface area contributed by atoms with E-state index >= 15 is 0 Å². The van der Waals surface area contributed by atoms with Crippen LogP contribution in [0.3, 0.4) is 0 Å². The summed E-state index contributed by atoms with van der Waals surface area (Å²) in [5.41, 5.74) is 1.77. The maximum Gasteiger partial charge on any atom is 0.242 e. The Kier molecular flexibility index (Phi) is 4.94. The van der Waals surface area contributed by atoms with E-state index in [9.17, 15) is 8.42 Å². The van der Waals surface area contributed by atoms with Crippen LogP contribution in [0.2, 0.25) is 0 Å². The van der Waals surface area contributed by atoms with E-state index in [0.29, 0.717) is 17.3 Å². The number of benzene rings is 2. The van der Waals surface area contributed by atoms with Crippen molar-refractivity contribution in [3.05, 3.63) is 53.9 Å². The fourth-order valence-electron chi connectivity index (χ4n) is 2.50. The predicted molar refractivity (Wildman–Crippen MR) is 94.9 cm³/mol. The molecule has 0 aliphatic heterocycles. The van der Waals surface area contributed by atoms with E-state index in [0.717, 1.165) is 11.1 Å². The van der Waals surface area contributed by atoms with Gasteiger partial charge in [-0.15, -0.1) is 0 Å². The molecule has 3 aromatic rings. The first-order valence-corrected chi connectivity index (χ1v) is 9.43. The quantitative estimate of drug-likeness (QED) is 0.655. The van der Waals surface area contributed by atoms with E-state index in [-0.39, 0.29) is 10.8 Å². The summed E-state index contributed by atoms with van der Waals surface area (Å²) in [5, 5.41) is 3.89. The van der Waals surface area contributed by atoms with Crippen LogP contribution in [-0.4, -0.2) is 32.8 Å². The maximum atomic E-state index is 12.7. The summed E-state index contributed by atoms with van der Waals surface area (Å²) >= 11 is 0. The van der Waals surface area contributed by atoms with E-state index in [1.54, 1.807) is 0 Å². The highest BCUT2D eigenvalue weighted by Crippen LogP contribution is 2.30. The van der Waals surface area contributed by atoms with Crippen LogP contribution < -0.4 is 9.47 Å². The van der Waals surface area contributed by atoms with Crippen LogP contribution in [0.1, 0.15) is 11.5 Å². The van der Waals surface area contributed by atoms with Crippen molar-refractivity contribution >= 4 is 9.84 Å². The summed E-state index contributed by atoms with van der Waals surface area (Å²) in [4.78, 5) is 4.30. The Hall–Kier alpha value is -2.87. The van der Waals surface area contributed by atoms with Gasteiger partial charge in [0.15, 0.2) is 21.3 Å². The number of methoxy groups -OCH3 is 2. The third-order valence-corrected chi connectivity index (χ3v) is 5.48. The fourth-order valence-corrected chi connectivity index (χ4v) is 3.67. The van der Waals surface area contributed by atoms with Gasteiger partial charge in [0, 0.05) is 11.6 Å². The molecule has 0 bridgehead atoms. The number of hydrogen-bond acceptors (Lipinski definition) is 7. The highest BCUT2D eigenvalue weighted by molar-refractivity contribution is 7.90. The van der Waals surface area contributed by atoms with Gasteiger partial charge in [-0.2, -0.15) is 4.98 Å². The molecular formula is C18H18N2O5S. The molecule has 1 aromatic heterocycles. The zero-order chi connectivity index (χ0) is 18.7. The number of rotatable bonds is 6. The summed E-state index contributed by atoms with van der Waals surface area (Å²) in [6.07, 6.45) is 0. The largest absolute Gasteiger partial charge is 0.493 e. The van der Waals surface area contributed by atoms with Gasteiger partial charge in [-0.25, -0.2) is 8.42 Å². The van der Waals surface area contributed by atoms with Gasteiger partial charge in [0.2, 0.25) is 11.7 Å². The Morgan fingerprint density at radius 1 is 1.04 bits per heavy atom. The zero-order valence-electron chi connectivity index (χ0n) is 14.6. The molecule has 0 saturated heterocycles. The third-order valence-electron chi connectivity index (χ3n) is 3.88. The topological polar surface area (TPSA) is 91.5 Å². The standard InChI is InChI=1S/C18H18N2O5S/c1-12-6-4-5-7-14(12)18-19-17(25-20-18)11-26(21,22)13-8-9-15(23-2)16(10-13)24-3/h4-10H,11H2,1-3H3. The van der Waals surface area contributed by atoms with Crippen molar-refractivity contribution < 1.29 is 22.4 Å². The highest BCUT2D eigenvalue weighted by atomic mass is 32.2. The Bertz CT molecular complexity index is 1030. The molecule has 0 saturated carbocycles. The molecule has 0 atom stereocenters. The Balaban J connectivity index is 1.88. The predicted octanol–water partition coefficient (Wildman–Crippen LogP) is 3.04. The minimum absolute atomic E-state index is 0.0260. The summed E-state index contributed by atoms with van der Waals surface area (Å²) in [7, 11) is -0.753. The Morgan fingerprint density at radius 3 is 2.46 bits per heavy atom. The summed E-state index contributed by atoms with van der Waals surface area (Å²) in [6.45, 7) is 1.92. The minimum Gasteiger partial charge on any atom is -0.493 e. The first kappa shape index (κ1) is 17.9. The summed E-state index contributed by atoms with van der Waals surface area (Å²) in [5.74, 6) is 0.769. The molecule has 0 aliphatic carbocycles. The van der Waals surface area contributed by atoms with Gasteiger partial charge >= 0.3 is 0 Å². The van der Waals surface area contributed by atoms with Gasteiger partial charge in [-0.3, -0.25) is 0 Å². The van der Waals surface area contributed by atoms with Crippen molar-refractivity contribution in [2.75, 3.05) is 14.2 Å². The SMILES string of the molecule is COc1ccc(S(=O)(=O)Cc2nc(-c3ccccc3C)no2)cc1OC. The van der Waals surface area contributed by atoms with Crippen LogP contribution in [0.15, 0.2) is 51.9 Å². The molecule has 0 spiro atoms. The van der Waals surface area contributed by atoms with Gasteiger partial charge in [-0.1, -0.05) is 29.4 Å². The molecule has 8 heteroatoms. The maximum absolute atomic E-state index is 12.7. The Morgan fingerprint density at radius 2 is 1.77 bits per heavy atom. The van der Waals surface area contributed by atoms with Crippen LogP contribution in [0.5, 0.6) is 11.5 Å². The van der Waals surface area contributed by atoms with Crippen LogP contribution in [-0.2, 0) is 15.6 Å². The molecule has 2 aromatic carbocycles. The van der Waals surface area contributed by atoms with Gasteiger partial charge in [0.25, 0.3) is 0 Å². The normalized spacial score (nSPS) is 11.3. The fraction of sp³-hybridized carbons (Fsp3) is 0.222. The van der Waals surface area contributed by atoms with E-state index < -0.39 is 15.6 Å². The van der Waals surface area contributed by atoms with E-state index in [1.165, 1.54) is 32.4 Å². The second-order valence-corrected chi connectivity index (χ2v) is 7.59. The summed E-state index contributed by atoms with van der Waals surface area (Å²) in [6, 6.07) is 11.9. The lowest BCUT2D eigenvalue weighted by Gasteiger charge is -2.09. The molecule has 0 unspecified atom stereocenters. The van der Waals surface area contributed by atoms with Crippen molar-refractivity contribution in [3.63, 3.8) is 0 Å². The van der Waals surface area contributed by atoms with E-state index in [4.69, 9.17) is 14.0 Å². The Labute approximate surface area is 151 Å². The molecule has 26 heavy (non-hydrogen) atoms. The molecule has 1 heterocycles. The molecule has 0 N–H and O–H groups in total.